The molecule has 1 fully saturated rings. The third-order valence-electron chi connectivity index (χ3n) is 5.20. The Morgan fingerprint density at radius 1 is 1.08 bits per heavy atom. The zero-order chi connectivity index (χ0) is 17.4. The molecule has 0 aliphatic heterocycles. The number of benzene rings is 1. The second-order valence-corrected chi connectivity index (χ2v) is 7.19. The molecule has 0 radical (unpaired) electrons. The Balaban J connectivity index is 1.73. The number of esters is 1. The number of aryl methyl sites for hydroxylation is 1. The standard InChI is InChI=1S/C21H31FO2/c1-3-5-16-7-9-17(10-8-16)11-14-21(23)24-19-13-12-18(6-4-2)20(22)15-19/h12-13,15-17H,3-11,14H2,1-2H3/t16-,17-. The Morgan fingerprint density at radius 2 is 1.75 bits per heavy atom. The molecule has 2 rings (SSSR count). The van der Waals surface area contributed by atoms with Crippen LogP contribution in [0.5, 0.6) is 5.75 Å². The zero-order valence-corrected chi connectivity index (χ0v) is 15.2. The van der Waals surface area contributed by atoms with E-state index in [-0.39, 0.29) is 11.8 Å². The lowest BCUT2D eigenvalue weighted by Crippen LogP contribution is -2.17. The zero-order valence-electron chi connectivity index (χ0n) is 15.2. The van der Waals surface area contributed by atoms with Crippen LogP contribution < -0.4 is 4.74 Å². The molecule has 1 saturated carbocycles. The van der Waals surface area contributed by atoms with Crippen LogP contribution in [0.1, 0.15) is 77.2 Å². The first-order valence-corrected chi connectivity index (χ1v) is 9.61. The van der Waals surface area contributed by atoms with Gasteiger partial charge in [-0.15, -0.1) is 0 Å². The van der Waals surface area contributed by atoms with Gasteiger partial charge in [0.2, 0.25) is 0 Å². The number of carbonyl (C=O) groups excluding carboxylic acids is 1. The summed E-state index contributed by atoms with van der Waals surface area (Å²) in [4.78, 5) is 12.0. The summed E-state index contributed by atoms with van der Waals surface area (Å²) < 4.78 is 19.2. The van der Waals surface area contributed by atoms with Gasteiger partial charge < -0.3 is 4.74 Å². The van der Waals surface area contributed by atoms with Crippen molar-refractivity contribution < 1.29 is 13.9 Å². The summed E-state index contributed by atoms with van der Waals surface area (Å²) in [6, 6.07) is 4.75. The Kier molecular flexibility index (Phi) is 7.74. The predicted molar refractivity (Wildman–Crippen MR) is 95.6 cm³/mol. The van der Waals surface area contributed by atoms with Crippen molar-refractivity contribution in [1.82, 2.24) is 0 Å². The highest BCUT2D eigenvalue weighted by Gasteiger charge is 2.21. The molecule has 0 amide bonds. The summed E-state index contributed by atoms with van der Waals surface area (Å²) in [6.45, 7) is 4.27. The molecule has 0 aromatic heterocycles. The molecule has 0 heterocycles. The molecule has 2 nitrogen and oxygen atoms in total. The first-order valence-electron chi connectivity index (χ1n) is 9.61. The normalized spacial score (nSPS) is 20.8. The van der Waals surface area contributed by atoms with Crippen LogP contribution in [0.2, 0.25) is 0 Å². The minimum atomic E-state index is -0.281. The average Bonchev–Trinajstić information content (AvgIpc) is 2.57. The highest BCUT2D eigenvalue weighted by Crippen LogP contribution is 2.33. The van der Waals surface area contributed by atoms with Crippen LogP contribution in [0.3, 0.4) is 0 Å². The summed E-state index contributed by atoms with van der Waals surface area (Å²) in [5.41, 5.74) is 0.682. The number of ether oxygens (including phenoxy) is 1. The van der Waals surface area contributed by atoms with Crippen LogP contribution >= 0.6 is 0 Å². The molecule has 1 aromatic rings. The predicted octanol–water partition coefficient (Wildman–Crippen LogP) is 6.07. The number of rotatable bonds is 8. The fraction of sp³-hybridized carbons (Fsp3) is 0.667. The van der Waals surface area contributed by atoms with Gasteiger partial charge >= 0.3 is 5.97 Å². The molecule has 1 aliphatic carbocycles. The molecule has 24 heavy (non-hydrogen) atoms. The second kappa shape index (κ2) is 9.80. The maximum Gasteiger partial charge on any atom is 0.311 e. The molecule has 0 unspecified atom stereocenters. The first kappa shape index (κ1) is 19.0. The van der Waals surface area contributed by atoms with Gasteiger partial charge in [-0.1, -0.05) is 64.9 Å². The quantitative estimate of drug-likeness (QED) is 0.426. The van der Waals surface area contributed by atoms with E-state index in [0.29, 0.717) is 30.1 Å². The van der Waals surface area contributed by atoms with Gasteiger partial charge in [0.05, 0.1) is 0 Å². The number of hydrogen-bond donors (Lipinski definition) is 0. The molecule has 3 heteroatoms. The molecule has 1 aliphatic rings. The van der Waals surface area contributed by atoms with Crippen molar-refractivity contribution in [3.05, 3.63) is 29.6 Å². The monoisotopic (exact) mass is 334 g/mol. The SMILES string of the molecule is CCCc1ccc(OC(=O)CC[C@H]2CC[C@H](CCC)CC2)cc1F. The van der Waals surface area contributed by atoms with Gasteiger partial charge in [-0.25, -0.2) is 4.39 Å². The van der Waals surface area contributed by atoms with Crippen molar-refractivity contribution >= 4 is 5.97 Å². The number of hydrogen-bond acceptors (Lipinski definition) is 2. The largest absolute Gasteiger partial charge is 0.426 e. The topological polar surface area (TPSA) is 26.3 Å². The van der Waals surface area contributed by atoms with E-state index in [0.717, 1.165) is 18.8 Å². The fourth-order valence-electron chi connectivity index (χ4n) is 3.79. The highest BCUT2D eigenvalue weighted by molar-refractivity contribution is 5.72. The van der Waals surface area contributed by atoms with Crippen molar-refractivity contribution in [3.8, 4) is 5.75 Å². The van der Waals surface area contributed by atoms with Crippen LogP contribution in [0, 0.1) is 17.7 Å². The summed E-state index contributed by atoms with van der Waals surface area (Å²) in [7, 11) is 0. The molecule has 1 aromatic carbocycles. The smallest absolute Gasteiger partial charge is 0.311 e. The molecule has 0 spiro atoms. The van der Waals surface area contributed by atoms with Crippen molar-refractivity contribution in [1.29, 1.82) is 0 Å². The van der Waals surface area contributed by atoms with Crippen LogP contribution in [-0.2, 0) is 11.2 Å². The van der Waals surface area contributed by atoms with Crippen molar-refractivity contribution in [3.63, 3.8) is 0 Å². The van der Waals surface area contributed by atoms with E-state index >= 15 is 0 Å². The molecule has 0 N–H and O–H groups in total. The van der Waals surface area contributed by atoms with E-state index < -0.39 is 0 Å². The number of carbonyl (C=O) groups is 1. The minimum Gasteiger partial charge on any atom is -0.426 e. The van der Waals surface area contributed by atoms with Crippen LogP contribution in [0.25, 0.3) is 0 Å². The third-order valence-corrected chi connectivity index (χ3v) is 5.20. The Labute approximate surface area is 145 Å². The first-order chi connectivity index (χ1) is 11.6. The average molecular weight is 334 g/mol. The lowest BCUT2D eigenvalue weighted by molar-refractivity contribution is -0.134. The summed E-state index contributed by atoms with van der Waals surface area (Å²) in [6.07, 6.45) is 10.6. The maximum absolute atomic E-state index is 13.9. The number of halogens is 1. The van der Waals surface area contributed by atoms with E-state index in [1.165, 1.54) is 44.6 Å². The summed E-state index contributed by atoms with van der Waals surface area (Å²) >= 11 is 0. The Hall–Kier alpha value is -1.38. The van der Waals surface area contributed by atoms with Gasteiger partial charge in [-0.3, -0.25) is 4.79 Å². The maximum atomic E-state index is 13.9. The molecule has 0 atom stereocenters. The molecule has 0 bridgehead atoms. The molecule has 134 valence electrons. The third kappa shape index (κ3) is 5.92. The van der Waals surface area contributed by atoms with Gasteiger partial charge in [-0.2, -0.15) is 0 Å². The fourth-order valence-corrected chi connectivity index (χ4v) is 3.79. The van der Waals surface area contributed by atoms with Gasteiger partial charge in [0.1, 0.15) is 11.6 Å². The van der Waals surface area contributed by atoms with E-state index in [1.54, 1.807) is 12.1 Å². The molecular formula is C21H31FO2. The van der Waals surface area contributed by atoms with Crippen molar-refractivity contribution in [2.24, 2.45) is 11.8 Å². The van der Waals surface area contributed by atoms with Crippen LogP contribution in [-0.4, -0.2) is 5.97 Å². The van der Waals surface area contributed by atoms with Gasteiger partial charge in [0.25, 0.3) is 0 Å². The van der Waals surface area contributed by atoms with Crippen molar-refractivity contribution in [2.45, 2.75) is 78.1 Å². The lowest BCUT2D eigenvalue weighted by atomic mass is 9.78. The Morgan fingerprint density at radius 3 is 2.33 bits per heavy atom. The minimum absolute atomic E-state index is 0.242. The van der Waals surface area contributed by atoms with E-state index in [4.69, 9.17) is 4.74 Å². The van der Waals surface area contributed by atoms with E-state index in [9.17, 15) is 9.18 Å². The Bertz CT molecular complexity index is 519. The van der Waals surface area contributed by atoms with Gasteiger partial charge in [-0.05, 0) is 36.3 Å². The summed E-state index contributed by atoms with van der Waals surface area (Å²) in [5.74, 6) is 1.34. The molecular weight excluding hydrogens is 303 g/mol. The highest BCUT2D eigenvalue weighted by atomic mass is 19.1. The van der Waals surface area contributed by atoms with Crippen molar-refractivity contribution in [2.75, 3.05) is 0 Å². The second-order valence-electron chi connectivity index (χ2n) is 7.19. The molecule has 0 saturated heterocycles. The van der Waals surface area contributed by atoms with Gasteiger partial charge in [0.15, 0.2) is 0 Å². The van der Waals surface area contributed by atoms with Gasteiger partial charge in [0, 0.05) is 12.5 Å². The summed E-state index contributed by atoms with van der Waals surface area (Å²) in [5, 5.41) is 0. The van der Waals surface area contributed by atoms with Crippen LogP contribution in [0.15, 0.2) is 18.2 Å². The van der Waals surface area contributed by atoms with E-state index in [2.05, 4.69) is 6.92 Å². The van der Waals surface area contributed by atoms with E-state index in [1.807, 2.05) is 6.92 Å². The lowest BCUT2D eigenvalue weighted by Gasteiger charge is -2.28. The van der Waals surface area contributed by atoms with Crippen LogP contribution in [0.4, 0.5) is 4.39 Å².